The van der Waals surface area contributed by atoms with Crippen LogP contribution in [0.3, 0.4) is 0 Å². The SMILES string of the molecule is CCN(c1ccccc1)S(=O)(=O)c1ccc(C(=O)NCCN2CCN(c3nc4c(F)cccc4s3)CC2)cc1.Cl. The van der Waals surface area contributed by atoms with Crippen molar-refractivity contribution in [2.45, 2.75) is 11.8 Å². The molecular formula is C28H31ClFN5O3S2. The van der Waals surface area contributed by atoms with E-state index in [1.807, 2.05) is 12.1 Å². The molecule has 0 atom stereocenters. The second kappa shape index (κ2) is 12.9. The van der Waals surface area contributed by atoms with Gasteiger partial charge in [-0.05, 0) is 55.5 Å². The van der Waals surface area contributed by atoms with Crippen LogP contribution in [0, 0.1) is 5.82 Å². The number of fused-ring (bicyclic) bond motifs is 1. The number of rotatable bonds is 9. The van der Waals surface area contributed by atoms with Gasteiger partial charge in [-0.3, -0.25) is 14.0 Å². The van der Waals surface area contributed by atoms with E-state index >= 15 is 0 Å². The minimum atomic E-state index is -3.74. The van der Waals surface area contributed by atoms with Crippen LogP contribution in [0.1, 0.15) is 17.3 Å². The summed E-state index contributed by atoms with van der Waals surface area (Å²) in [7, 11) is -3.74. The Morgan fingerprint density at radius 2 is 1.70 bits per heavy atom. The Morgan fingerprint density at radius 3 is 2.35 bits per heavy atom. The number of carbonyl (C=O) groups is 1. The van der Waals surface area contributed by atoms with Gasteiger partial charge in [-0.25, -0.2) is 17.8 Å². The van der Waals surface area contributed by atoms with E-state index in [9.17, 15) is 17.6 Å². The first-order valence-electron chi connectivity index (χ1n) is 12.8. The molecule has 1 amide bonds. The van der Waals surface area contributed by atoms with E-state index in [0.717, 1.165) is 36.0 Å². The number of hydrogen-bond donors (Lipinski definition) is 1. The quantitative estimate of drug-likeness (QED) is 0.300. The molecule has 0 saturated carbocycles. The zero-order valence-corrected chi connectivity index (χ0v) is 24.4. The van der Waals surface area contributed by atoms with Gasteiger partial charge in [0.15, 0.2) is 5.13 Å². The number of hydrogen-bond acceptors (Lipinski definition) is 7. The van der Waals surface area contributed by atoms with Crippen LogP contribution in [0.5, 0.6) is 0 Å². The van der Waals surface area contributed by atoms with Gasteiger partial charge in [0.25, 0.3) is 15.9 Å². The van der Waals surface area contributed by atoms with Crippen LogP contribution in [0.15, 0.2) is 77.7 Å². The number of nitrogens with one attached hydrogen (secondary N) is 1. The van der Waals surface area contributed by atoms with Crippen molar-refractivity contribution in [1.29, 1.82) is 0 Å². The standard InChI is InChI=1S/C28H30FN5O3S2.ClH/c1-2-34(22-7-4-3-5-8-22)39(36,37)23-13-11-21(12-14-23)27(35)30-15-16-32-17-19-33(20-18-32)28-31-26-24(29)9-6-10-25(26)38-28;/h3-14H,2,15-20H2,1H3,(H,30,35);1H. The number of thiazole rings is 1. The number of carbonyl (C=O) groups excluding carboxylic acids is 1. The van der Waals surface area contributed by atoms with Gasteiger partial charge >= 0.3 is 0 Å². The zero-order chi connectivity index (χ0) is 27.4. The van der Waals surface area contributed by atoms with Crippen molar-refractivity contribution in [3.63, 3.8) is 0 Å². The van der Waals surface area contributed by atoms with Crippen molar-refractivity contribution in [2.75, 3.05) is 55.0 Å². The molecule has 0 aliphatic carbocycles. The Balaban J connectivity index is 0.00000370. The molecule has 8 nitrogen and oxygen atoms in total. The van der Waals surface area contributed by atoms with Gasteiger partial charge in [0.1, 0.15) is 11.3 Å². The molecule has 1 aromatic heterocycles. The number of anilines is 2. The Bertz CT molecular complexity index is 1540. The Morgan fingerprint density at radius 1 is 1.00 bits per heavy atom. The maximum atomic E-state index is 14.0. The second-order valence-corrected chi connectivity index (χ2v) is 12.1. The van der Waals surface area contributed by atoms with Gasteiger partial charge in [0, 0.05) is 51.4 Å². The number of sulfonamides is 1. The smallest absolute Gasteiger partial charge is 0.264 e. The summed E-state index contributed by atoms with van der Waals surface area (Å²) in [5.41, 5.74) is 1.42. The normalized spacial score (nSPS) is 14.1. The van der Waals surface area contributed by atoms with E-state index in [0.29, 0.717) is 36.4 Å². The van der Waals surface area contributed by atoms with E-state index in [1.54, 1.807) is 49.4 Å². The summed E-state index contributed by atoms with van der Waals surface area (Å²) in [4.78, 5) is 21.7. The summed E-state index contributed by atoms with van der Waals surface area (Å²) >= 11 is 1.50. The highest BCUT2D eigenvalue weighted by Crippen LogP contribution is 2.30. The molecule has 4 aromatic rings. The lowest BCUT2D eigenvalue weighted by Gasteiger charge is -2.34. The van der Waals surface area contributed by atoms with Gasteiger partial charge in [-0.2, -0.15) is 0 Å². The largest absolute Gasteiger partial charge is 0.351 e. The summed E-state index contributed by atoms with van der Waals surface area (Å²) in [5, 5.41) is 3.76. The van der Waals surface area contributed by atoms with Crippen LogP contribution < -0.4 is 14.5 Å². The van der Waals surface area contributed by atoms with Crippen molar-refractivity contribution in [3.8, 4) is 0 Å². The van der Waals surface area contributed by atoms with Crippen LogP contribution in [-0.2, 0) is 10.0 Å². The Hall–Kier alpha value is -3.25. The number of nitrogens with zero attached hydrogens (tertiary/aromatic N) is 4. The molecule has 12 heteroatoms. The fourth-order valence-electron chi connectivity index (χ4n) is 4.62. The number of aromatic nitrogens is 1. The summed E-state index contributed by atoms with van der Waals surface area (Å²) in [6.07, 6.45) is 0. The highest BCUT2D eigenvalue weighted by atomic mass is 35.5. The molecule has 0 radical (unpaired) electrons. The van der Waals surface area contributed by atoms with Gasteiger partial charge in [0.05, 0.1) is 15.3 Å². The monoisotopic (exact) mass is 603 g/mol. The molecule has 1 fully saturated rings. The zero-order valence-electron chi connectivity index (χ0n) is 22.0. The summed E-state index contributed by atoms with van der Waals surface area (Å²) in [5.74, 6) is -0.541. The predicted octanol–water partition coefficient (Wildman–Crippen LogP) is 4.62. The molecule has 1 N–H and O–H groups in total. The molecule has 1 aliphatic rings. The summed E-state index contributed by atoms with van der Waals surface area (Å²) in [6, 6.07) is 20.0. The first-order chi connectivity index (χ1) is 18.9. The summed E-state index contributed by atoms with van der Waals surface area (Å²) in [6.45, 7) is 6.45. The van der Waals surface area contributed by atoms with E-state index in [-0.39, 0.29) is 29.0 Å². The van der Waals surface area contributed by atoms with E-state index in [2.05, 4.69) is 20.1 Å². The van der Waals surface area contributed by atoms with Gasteiger partial charge in [-0.1, -0.05) is 35.6 Å². The van der Waals surface area contributed by atoms with Crippen molar-refractivity contribution < 1.29 is 17.6 Å². The number of para-hydroxylation sites is 2. The Labute approximate surface area is 243 Å². The van der Waals surface area contributed by atoms with Crippen LogP contribution >= 0.6 is 23.7 Å². The van der Waals surface area contributed by atoms with Crippen LogP contribution in [0.2, 0.25) is 0 Å². The minimum absolute atomic E-state index is 0. The van der Waals surface area contributed by atoms with Crippen molar-refractivity contribution in [1.82, 2.24) is 15.2 Å². The summed E-state index contributed by atoms with van der Waals surface area (Å²) < 4.78 is 42.5. The predicted molar refractivity (Wildman–Crippen MR) is 161 cm³/mol. The number of benzene rings is 3. The van der Waals surface area contributed by atoms with E-state index in [4.69, 9.17) is 0 Å². The van der Waals surface area contributed by atoms with Crippen LogP contribution in [0.25, 0.3) is 10.2 Å². The molecule has 212 valence electrons. The topological polar surface area (TPSA) is 85.8 Å². The fourth-order valence-corrected chi connectivity index (χ4v) is 7.13. The van der Waals surface area contributed by atoms with Gasteiger partial charge < -0.3 is 10.2 Å². The minimum Gasteiger partial charge on any atom is -0.351 e. The first kappa shape index (κ1) is 29.7. The lowest BCUT2D eigenvalue weighted by molar-refractivity contribution is 0.0947. The van der Waals surface area contributed by atoms with Crippen molar-refractivity contribution >= 4 is 60.7 Å². The highest BCUT2D eigenvalue weighted by molar-refractivity contribution is 7.92. The molecular weight excluding hydrogens is 573 g/mol. The molecule has 2 heterocycles. The second-order valence-electron chi connectivity index (χ2n) is 9.20. The highest BCUT2D eigenvalue weighted by Gasteiger charge is 2.24. The molecule has 1 saturated heterocycles. The lowest BCUT2D eigenvalue weighted by Crippen LogP contribution is -2.48. The maximum Gasteiger partial charge on any atom is 0.264 e. The number of piperazine rings is 1. The third-order valence-corrected chi connectivity index (χ3v) is 9.75. The third kappa shape index (κ3) is 6.38. The lowest BCUT2D eigenvalue weighted by atomic mass is 10.2. The number of halogens is 2. The van der Waals surface area contributed by atoms with Crippen molar-refractivity contribution in [3.05, 3.63) is 84.2 Å². The number of amides is 1. The third-order valence-electron chi connectivity index (χ3n) is 6.75. The molecule has 40 heavy (non-hydrogen) atoms. The average molecular weight is 604 g/mol. The van der Waals surface area contributed by atoms with Gasteiger partial charge in [0.2, 0.25) is 0 Å². The molecule has 3 aromatic carbocycles. The molecule has 1 aliphatic heterocycles. The van der Waals surface area contributed by atoms with E-state index in [1.165, 1.54) is 33.8 Å². The van der Waals surface area contributed by atoms with Crippen LogP contribution in [0.4, 0.5) is 15.2 Å². The molecule has 0 bridgehead atoms. The average Bonchev–Trinajstić information content (AvgIpc) is 3.40. The van der Waals surface area contributed by atoms with Crippen molar-refractivity contribution in [2.24, 2.45) is 0 Å². The molecule has 0 spiro atoms. The maximum absolute atomic E-state index is 14.0. The molecule has 0 unspecified atom stereocenters. The molecule has 5 rings (SSSR count). The van der Waals surface area contributed by atoms with Gasteiger partial charge in [-0.15, -0.1) is 12.4 Å². The fraction of sp³-hybridized carbons (Fsp3) is 0.286. The Kier molecular flexibility index (Phi) is 9.62. The van der Waals surface area contributed by atoms with E-state index < -0.39 is 10.0 Å². The first-order valence-corrected chi connectivity index (χ1v) is 15.1. The van der Waals surface area contributed by atoms with Crippen LogP contribution in [-0.4, -0.2) is 70.0 Å².